The van der Waals surface area contributed by atoms with Crippen molar-refractivity contribution in [3.8, 4) is 0 Å². The number of esters is 1. The second kappa shape index (κ2) is 8.99. The van der Waals surface area contributed by atoms with E-state index in [4.69, 9.17) is 4.74 Å². The van der Waals surface area contributed by atoms with Crippen molar-refractivity contribution in [3.63, 3.8) is 0 Å². The quantitative estimate of drug-likeness (QED) is 0.515. The fraction of sp³-hybridized carbons (Fsp3) is 0.536. The third-order valence-corrected chi connectivity index (χ3v) is 7.87. The molecule has 0 radical (unpaired) electrons. The molecule has 0 aromatic heterocycles. The number of fused-ring (bicyclic) bond motifs is 2. The van der Waals surface area contributed by atoms with Gasteiger partial charge in [-0.25, -0.2) is 0 Å². The Balaban J connectivity index is 1.41. The minimum atomic E-state index is -0.599. The molecule has 4 nitrogen and oxygen atoms in total. The van der Waals surface area contributed by atoms with Gasteiger partial charge in [0.05, 0.1) is 25.7 Å². The molecule has 2 heterocycles. The number of hydrogen-bond donors (Lipinski definition) is 1. The van der Waals surface area contributed by atoms with Crippen LogP contribution in [0.5, 0.6) is 0 Å². The zero-order chi connectivity index (χ0) is 22.9. The molecule has 0 aliphatic carbocycles. The minimum absolute atomic E-state index is 0.0489. The molecule has 2 saturated heterocycles. The van der Waals surface area contributed by atoms with Gasteiger partial charge in [0, 0.05) is 31.2 Å². The van der Waals surface area contributed by atoms with Gasteiger partial charge < -0.3 is 14.3 Å². The summed E-state index contributed by atoms with van der Waals surface area (Å²) < 4.78 is 7.01. The first kappa shape index (κ1) is 23.0. The number of carbonyl (C=O) groups excluding carboxylic acids is 1. The summed E-state index contributed by atoms with van der Waals surface area (Å²) in [5.74, 6) is -0.894. The number of ether oxygens (including phenoxy) is 1. The van der Waals surface area contributed by atoms with Gasteiger partial charge in [-0.05, 0) is 16.5 Å². The molecule has 172 valence electrons. The number of nitrogens with zero attached hydrogens (tertiary/aromatic N) is 1. The van der Waals surface area contributed by atoms with Crippen LogP contribution in [0.15, 0.2) is 54.6 Å². The Kier molecular flexibility index (Phi) is 6.46. The van der Waals surface area contributed by atoms with Gasteiger partial charge in [0.15, 0.2) is 0 Å². The van der Waals surface area contributed by atoms with Crippen molar-refractivity contribution in [1.82, 2.24) is 0 Å². The van der Waals surface area contributed by atoms with Crippen LogP contribution in [0, 0.1) is 0 Å². The fourth-order valence-corrected chi connectivity index (χ4v) is 5.80. The highest BCUT2D eigenvalue weighted by atomic mass is 16.5. The maximum Gasteiger partial charge on any atom is 0.316 e. The molecular weight excluding hydrogens is 398 g/mol. The zero-order valence-electron chi connectivity index (χ0n) is 20.0. The number of aliphatic hydroxyl groups excluding tert-OH is 1. The molecule has 32 heavy (non-hydrogen) atoms. The Bertz CT molecular complexity index is 902. The Morgan fingerprint density at radius 1 is 1.03 bits per heavy atom. The van der Waals surface area contributed by atoms with E-state index in [9.17, 15) is 9.90 Å². The summed E-state index contributed by atoms with van der Waals surface area (Å²) in [7, 11) is 2.39. The number of hydrogen-bond acceptors (Lipinski definition) is 3. The van der Waals surface area contributed by atoms with Crippen molar-refractivity contribution < 1.29 is 19.1 Å². The van der Waals surface area contributed by atoms with Gasteiger partial charge in [-0.3, -0.25) is 4.79 Å². The summed E-state index contributed by atoms with van der Waals surface area (Å²) >= 11 is 0. The van der Waals surface area contributed by atoms with E-state index in [2.05, 4.69) is 52.1 Å². The summed E-state index contributed by atoms with van der Waals surface area (Å²) in [6, 6.07) is 19.6. The molecule has 4 heteroatoms. The lowest BCUT2D eigenvalue weighted by Gasteiger charge is -2.47. The highest BCUT2D eigenvalue weighted by molar-refractivity contribution is 5.78. The molecule has 2 aliphatic heterocycles. The molecule has 2 aromatic carbocycles. The molecule has 0 spiro atoms. The summed E-state index contributed by atoms with van der Waals surface area (Å²) in [6.45, 7) is 7.56. The van der Waals surface area contributed by atoms with Crippen LogP contribution in [0.2, 0.25) is 0 Å². The standard InChI is InChI=1S/C28H38NO3/c1-28(2,3)22-12-10-20(11-13-22)18-29(4)23-14-15-24(29)17-25(16-23)32-27(31)26(19-30)21-8-6-5-7-9-21/h5-13,23-26,30H,14-19H2,1-4H3/q+1. The van der Waals surface area contributed by atoms with Crippen LogP contribution < -0.4 is 0 Å². The van der Waals surface area contributed by atoms with Crippen LogP contribution in [0.4, 0.5) is 0 Å². The van der Waals surface area contributed by atoms with Crippen molar-refractivity contribution in [2.75, 3.05) is 13.7 Å². The van der Waals surface area contributed by atoms with Crippen molar-refractivity contribution >= 4 is 5.97 Å². The van der Waals surface area contributed by atoms with Gasteiger partial charge in [0.25, 0.3) is 0 Å². The maximum absolute atomic E-state index is 12.9. The number of quaternary nitrogens is 1. The number of benzene rings is 2. The van der Waals surface area contributed by atoms with Gasteiger partial charge in [0.1, 0.15) is 18.6 Å². The highest BCUT2D eigenvalue weighted by Crippen LogP contribution is 2.44. The number of piperidine rings is 1. The second-order valence-electron chi connectivity index (χ2n) is 11.0. The molecular formula is C28H38NO3+. The van der Waals surface area contributed by atoms with Gasteiger partial charge in [0.2, 0.25) is 0 Å². The predicted octanol–water partition coefficient (Wildman–Crippen LogP) is 4.94. The second-order valence-corrected chi connectivity index (χ2v) is 11.0. The molecule has 2 aromatic rings. The van der Waals surface area contributed by atoms with Crippen molar-refractivity contribution in [2.45, 2.75) is 82.5 Å². The average Bonchev–Trinajstić information content (AvgIpc) is 2.91. The molecule has 3 atom stereocenters. The molecule has 0 amide bonds. The normalized spacial score (nSPS) is 28.3. The molecule has 2 bridgehead atoms. The molecule has 4 rings (SSSR count). The van der Waals surface area contributed by atoms with E-state index >= 15 is 0 Å². The van der Waals surface area contributed by atoms with Crippen LogP contribution in [0.3, 0.4) is 0 Å². The van der Waals surface area contributed by atoms with Crippen LogP contribution in [-0.2, 0) is 21.5 Å². The van der Waals surface area contributed by atoms with E-state index in [-0.39, 0.29) is 24.1 Å². The largest absolute Gasteiger partial charge is 0.461 e. The Hall–Kier alpha value is -2.17. The molecule has 3 unspecified atom stereocenters. The number of aliphatic hydroxyl groups is 1. The molecule has 2 aliphatic rings. The first-order valence-corrected chi connectivity index (χ1v) is 12.0. The van der Waals surface area contributed by atoms with Crippen LogP contribution >= 0.6 is 0 Å². The number of carbonyl (C=O) groups is 1. The van der Waals surface area contributed by atoms with E-state index in [0.717, 1.165) is 29.4 Å². The lowest BCUT2D eigenvalue weighted by atomic mass is 9.86. The maximum atomic E-state index is 12.9. The Labute approximate surface area is 192 Å². The first-order chi connectivity index (χ1) is 15.2. The average molecular weight is 437 g/mol. The van der Waals surface area contributed by atoms with E-state index in [1.807, 2.05) is 30.3 Å². The third-order valence-electron chi connectivity index (χ3n) is 7.87. The Morgan fingerprint density at radius 2 is 1.62 bits per heavy atom. The van der Waals surface area contributed by atoms with E-state index in [0.29, 0.717) is 12.1 Å². The van der Waals surface area contributed by atoms with Crippen LogP contribution in [0.1, 0.15) is 69.1 Å². The van der Waals surface area contributed by atoms with E-state index in [1.54, 1.807) is 0 Å². The van der Waals surface area contributed by atoms with Crippen molar-refractivity contribution in [2.24, 2.45) is 0 Å². The summed E-state index contributed by atoms with van der Waals surface area (Å²) in [4.78, 5) is 12.9. The zero-order valence-corrected chi connectivity index (χ0v) is 20.0. The van der Waals surface area contributed by atoms with Gasteiger partial charge in [-0.1, -0.05) is 75.4 Å². The topological polar surface area (TPSA) is 46.5 Å². The molecule has 2 fully saturated rings. The monoisotopic (exact) mass is 436 g/mol. The van der Waals surface area contributed by atoms with Crippen LogP contribution in [0.25, 0.3) is 0 Å². The first-order valence-electron chi connectivity index (χ1n) is 12.0. The fourth-order valence-electron chi connectivity index (χ4n) is 5.80. The SMILES string of the molecule is CC(C)(C)c1ccc(C[N+]2(C)C3CCC2CC(OC(=O)C(CO)c2ccccc2)C3)cc1. The van der Waals surface area contributed by atoms with Crippen molar-refractivity contribution in [3.05, 3.63) is 71.3 Å². The molecule has 0 saturated carbocycles. The van der Waals surface area contributed by atoms with E-state index < -0.39 is 5.92 Å². The number of rotatable bonds is 6. The predicted molar refractivity (Wildman–Crippen MR) is 127 cm³/mol. The van der Waals surface area contributed by atoms with E-state index in [1.165, 1.54) is 24.0 Å². The summed E-state index contributed by atoms with van der Waals surface area (Å²) in [5, 5.41) is 9.81. The lowest BCUT2D eigenvalue weighted by Crippen LogP contribution is -2.58. The minimum Gasteiger partial charge on any atom is -0.461 e. The Morgan fingerprint density at radius 3 is 2.16 bits per heavy atom. The van der Waals surface area contributed by atoms with Crippen molar-refractivity contribution in [1.29, 1.82) is 0 Å². The van der Waals surface area contributed by atoms with Gasteiger partial charge >= 0.3 is 5.97 Å². The molecule has 1 N–H and O–H groups in total. The summed E-state index contributed by atoms with van der Waals surface area (Å²) in [6.07, 6.45) is 4.15. The van der Waals surface area contributed by atoms with Crippen LogP contribution in [-0.4, -0.2) is 47.4 Å². The van der Waals surface area contributed by atoms with Gasteiger partial charge in [-0.15, -0.1) is 0 Å². The lowest BCUT2D eigenvalue weighted by molar-refractivity contribution is -0.961. The third kappa shape index (κ3) is 4.62. The smallest absolute Gasteiger partial charge is 0.316 e. The highest BCUT2D eigenvalue weighted by Gasteiger charge is 2.52. The van der Waals surface area contributed by atoms with Gasteiger partial charge in [-0.2, -0.15) is 0 Å². The summed E-state index contributed by atoms with van der Waals surface area (Å²) in [5.41, 5.74) is 3.74.